The molecule has 4 rings (SSSR count). The number of alkyl halides is 3. The molecule has 10 heteroatoms. The summed E-state index contributed by atoms with van der Waals surface area (Å²) in [7, 11) is 0. The molecule has 1 aliphatic heterocycles. The molecule has 146 valence electrons. The maximum absolute atomic E-state index is 12.4. The number of fused-ring (bicyclic) bond motifs is 1. The van der Waals surface area contributed by atoms with Gasteiger partial charge in [0.2, 0.25) is 0 Å². The Morgan fingerprint density at radius 3 is 2.72 bits per heavy atom. The van der Waals surface area contributed by atoms with E-state index in [1.165, 1.54) is 18.2 Å². The molecule has 1 N–H and O–H groups in total. The lowest BCUT2D eigenvalue weighted by Crippen LogP contribution is -2.18. The number of para-hydroxylation sites is 1. The van der Waals surface area contributed by atoms with Crippen LogP contribution in [0.3, 0.4) is 0 Å². The number of thioether (sulfide) groups is 1. The third-order valence-corrected chi connectivity index (χ3v) is 4.58. The van der Waals surface area contributed by atoms with E-state index in [0.717, 1.165) is 23.4 Å². The summed E-state index contributed by atoms with van der Waals surface area (Å²) in [5, 5.41) is 2.25. The number of hydrogen-bond donors (Lipinski definition) is 1. The molecule has 3 aromatic rings. The van der Waals surface area contributed by atoms with Gasteiger partial charge in [-0.15, -0.1) is 13.2 Å². The molecule has 29 heavy (non-hydrogen) atoms. The van der Waals surface area contributed by atoms with Crippen LogP contribution in [0, 0.1) is 0 Å². The van der Waals surface area contributed by atoms with Gasteiger partial charge in [0, 0.05) is 24.0 Å². The molecule has 1 aromatic heterocycles. The van der Waals surface area contributed by atoms with Gasteiger partial charge >= 0.3 is 6.36 Å². The Morgan fingerprint density at radius 1 is 1.10 bits per heavy atom. The van der Waals surface area contributed by atoms with Gasteiger partial charge in [0.1, 0.15) is 11.6 Å². The fourth-order valence-corrected chi connectivity index (χ4v) is 3.39. The molecule has 1 saturated heterocycles. The third-order valence-electron chi connectivity index (χ3n) is 3.77. The molecule has 0 atom stereocenters. The normalized spacial score (nSPS) is 17.1. The van der Waals surface area contributed by atoms with Crippen LogP contribution >= 0.6 is 11.8 Å². The maximum Gasteiger partial charge on any atom is 0.573 e. The number of ether oxygens (including phenoxy) is 1. The first-order valence-corrected chi connectivity index (χ1v) is 9.04. The van der Waals surface area contributed by atoms with Crippen LogP contribution in [0.4, 0.5) is 23.7 Å². The molecule has 0 unspecified atom stereocenters. The number of nitrogens with one attached hydrogen (secondary N) is 1. The van der Waals surface area contributed by atoms with Gasteiger partial charge in [0.05, 0.1) is 21.6 Å². The number of aromatic nitrogens is 2. The van der Waals surface area contributed by atoms with E-state index < -0.39 is 12.1 Å². The minimum atomic E-state index is -4.80. The van der Waals surface area contributed by atoms with Crippen molar-refractivity contribution in [1.82, 2.24) is 15.3 Å². The first kappa shape index (κ1) is 18.9. The van der Waals surface area contributed by atoms with E-state index in [2.05, 4.69) is 25.0 Å². The summed E-state index contributed by atoms with van der Waals surface area (Å²) in [5.74, 6) is -0.170. The third kappa shape index (κ3) is 4.54. The highest BCUT2D eigenvalue weighted by Crippen LogP contribution is 2.31. The number of rotatable bonds is 3. The van der Waals surface area contributed by atoms with E-state index in [9.17, 15) is 18.0 Å². The number of nitrogens with zero attached hydrogens (tertiary/aromatic N) is 3. The Balaban J connectivity index is 1.71. The monoisotopic (exact) mass is 416 g/mol. The van der Waals surface area contributed by atoms with Gasteiger partial charge < -0.3 is 10.1 Å². The lowest BCUT2D eigenvalue weighted by atomic mass is 10.1. The second kappa shape index (κ2) is 7.55. The smallest absolute Gasteiger partial charge is 0.406 e. The standard InChI is InChI=1S/C19H11F3N4O2S/c20-19(21,22)28-13-5-2-4-12(10-13)25-17-15(29-18(27)26-17)9-11-3-1-6-14-16(11)24-8-7-23-14/h1-10H,(H,25,26,27). The summed E-state index contributed by atoms with van der Waals surface area (Å²) in [6.07, 6.45) is 0.0758. The Morgan fingerprint density at radius 2 is 1.90 bits per heavy atom. The number of benzene rings is 2. The maximum atomic E-state index is 12.4. The molecular weight excluding hydrogens is 405 g/mol. The molecule has 1 aliphatic rings. The summed E-state index contributed by atoms with van der Waals surface area (Å²) in [6.45, 7) is 0. The van der Waals surface area contributed by atoms with Crippen LogP contribution in [-0.4, -0.2) is 27.4 Å². The zero-order chi connectivity index (χ0) is 20.4. The van der Waals surface area contributed by atoms with Crippen LogP contribution in [0.5, 0.6) is 5.75 Å². The fraction of sp³-hybridized carbons (Fsp3) is 0.0526. The molecule has 0 spiro atoms. The Labute approximate surface area is 166 Å². The number of aliphatic imine (C=N–C) groups is 1. The van der Waals surface area contributed by atoms with Crippen LogP contribution in [-0.2, 0) is 0 Å². The quantitative estimate of drug-likeness (QED) is 0.646. The summed E-state index contributed by atoms with van der Waals surface area (Å²) < 4.78 is 41.2. The van der Waals surface area contributed by atoms with Gasteiger partial charge in [-0.3, -0.25) is 14.8 Å². The zero-order valence-electron chi connectivity index (χ0n) is 14.5. The number of amides is 1. The summed E-state index contributed by atoms with van der Waals surface area (Å²) in [5.41, 5.74) is 2.28. The predicted molar refractivity (Wildman–Crippen MR) is 104 cm³/mol. The molecule has 2 aromatic carbocycles. The largest absolute Gasteiger partial charge is 0.573 e. The van der Waals surface area contributed by atoms with Gasteiger partial charge in [0.15, 0.2) is 0 Å². The molecular formula is C19H11F3N4O2S. The first-order chi connectivity index (χ1) is 13.9. The van der Waals surface area contributed by atoms with Crippen LogP contribution in [0.2, 0.25) is 0 Å². The van der Waals surface area contributed by atoms with E-state index in [1.807, 2.05) is 18.2 Å². The SMILES string of the molecule is O=C1NC(=Nc2cccc(OC(F)(F)F)c2)C(=Cc2cccc3nccnc23)S1. The van der Waals surface area contributed by atoms with E-state index in [-0.39, 0.29) is 16.8 Å². The number of halogens is 3. The highest BCUT2D eigenvalue weighted by molar-refractivity contribution is 8.18. The van der Waals surface area contributed by atoms with Gasteiger partial charge in [-0.25, -0.2) is 4.99 Å². The summed E-state index contributed by atoms with van der Waals surface area (Å²) >= 11 is 0.931. The molecule has 0 saturated carbocycles. The highest BCUT2D eigenvalue weighted by atomic mass is 32.2. The Hall–Kier alpha value is -3.40. The van der Waals surface area contributed by atoms with Crippen LogP contribution in [0.1, 0.15) is 5.56 Å². The highest BCUT2D eigenvalue weighted by Gasteiger charge is 2.31. The van der Waals surface area contributed by atoms with Crippen LogP contribution in [0.25, 0.3) is 17.1 Å². The first-order valence-electron chi connectivity index (χ1n) is 8.22. The van der Waals surface area contributed by atoms with E-state index in [4.69, 9.17) is 0 Å². The van der Waals surface area contributed by atoms with E-state index in [0.29, 0.717) is 15.9 Å². The van der Waals surface area contributed by atoms with Crippen molar-refractivity contribution in [2.24, 2.45) is 4.99 Å². The van der Waals surface area contributed by atoms with E-state index in [1.54, 1.807) is 18.5 Å². The van der Waals surface area contributed by atoms with Crippen LogP contribution < -0.4 is 10.1 Å². The van der Waals surface area contributed by atoms with Crippen molar-refractivity contribution in [3.63, 3.8) is 0 Å². The fourth-order valence-electron chi connectivity index (χ4n) is 2.66. The predicted octanol–water partition coefficient (Wildman–Crippen LogP) is 5.06. The van der Waals surface area contributed by atoms with Crippen LogP contribution in [0.15, 0.2) is 64.8 Å². The lowest BCUT2D eigenvalue weighted by molar-refractivity contribution is -0.274. The second-order valence-electron chi connectivity index (χ2n) is 5.80. The molecule has 2 heterocycles. The molecule has 0 bridgehead atoms. The van der Waals surface area contributed by atoms with Gasteiger partial charge in [-0.05, 0) is 36.0 Å². The van der Waals surface area contributed by atoms with Crippen molar-refractivity contribution >= 4 is 45.6 Å². The topological polar surface area (TPSA) is 76.5 Å². The van der Waals surface area contributed by atoms with Gasteiger partial charge in [-0.2, -0.15) is 0 Å². The van der Waals surface area contributed by atoms with Crippen molar-refractivity contribution < 1.29 is 22.7 Å². The summed E-state index contributed by atoms with van der Waals surface area (Å²) in [4.78, 5) is 25.2. The van der Waals surface area contributed by atoms with Gasteiger partial charge in [0.25, 0.3) is 5.24 Å². The van der Waals surface area contributed by atoms with Crippen molar-refractivity contribution in [2.45, 2.75) is 6.36 Å². The van der Waals surface area contributed by atoms with Crippen molar-refractivity contribution in [3.8, 4) is 5.75 Å². The summed E-state index contributed by atoms with van der Waals surface area (Å²) in [6, 6.07) is 10.6. The minimum absolute atomic E-state index is 0.202. The number of carbonyl (C=O) groups is 1. The molecule has 1 amide bonds. The molecule has 0 aliphatic carbocycles. The lowest BCUT2D eigenvalue weighted by Gasteiger charge is -2.09. The Kier molecular flexibility index (Phi) is 4.93. The molecule has 0 radical (unpaired) electrons. The van der Waals surface area contributed by atoms with Crippen molar-refractivity contribution in [1.29, 1.82) is 0 Å². The number of hydrogen-bond acceptors (Lipinski definition) is 6. The molecule has 1 fully saturated rings. The minimum Gasteiger partial charge on any atom is -0.406 e. The van der Waals surface area contributed by atoms with Crippen molar-refractivity contribution in [2.75, 3.05) is 0 Å². The average molecular weight is 416 g/mol. The molecule has 6 nitrogen and oxygen atoms in total. The van der Waals surface area contributed by atoms with E-state index >= 15 is 0 Å². The Bertz CT molecular complexity index is 1160. The number of amidine groups is 1. The zero-order valence-corrected chi connectivity index (χ0v) is 15.3. The van der Waals surface area contributed by atoms with Crippen molar-refractivity contribution in [3.05, 3.63) is 65.3 Å². The average Bonchev–Trinajstić information content (AvgIpc) is 3.00. The van der Waals surface area contributed by atoms with Gasteiger partial charge in [-0.1, -0.05) is 18.2 Å². The number of carbonyl (C=O) groups excluding carboxylic acids is 1. The second-order valence-corrected chi connectivity index (χ2v) is 6.81.